The standard InChI is InChI=1S/C40H63N9O3/c1-6-33-29-43-49-35(26-36(44-38(33)49)48-18-9-8-12-34(48)7-2)41-27-32-13-14-37(42-28-32)51-25-11-10-17-45-21-23-46(24-22-45)30-31-15-19-47(20-16-31)39(50)52-40(3,4)5/h13-14,26,28-29,31,34,41H,6-12,15-25,27,30H2,1-5H3/t34-/m1/s1. The minimum atomic E-state index is -0.435. The van der Waals surface area contributed by atoms with Gasteiger partial charge in [-0.2, -0.15) is 9.61 Å². The molecule has 3 fully saturated rings. The van der Waals surface area contributed by atoms with Crippen LogP contribution >= 0.6 is 0 Å². The van der Waals surface area contributed by atoms with E-state index in [1.807, 2.05) is 48.6 Å². The third kappa shape index (κ3) is 10.3. The fourth-order valence-corrected chi connectivity index (χ4v) is 7.84. The van der Waals surface area contributed by atoms with Crippen LogP contribution in [0, 0.1) is 5.92 Å². The van der Waals surface area contributed by atoms with Crippen molar-refractivity contribution in [3.8, 4) is 5.88 Å². The summed E-state index contributed by atoms with van der Waals surface area (Å²) < 4.78 is 13.5. The first-order valence-corrected chi connectivity index (χ1v) is 20.1. The van der Waals surface area contributed by atoms with Crippen molar-refractivity contribution in [2.75, 3.05) is 75.7 Å². The van der Waals surface area contributed by atoms with Crippen molar-refractivity contribution < 1.29 is 14.3 Å². The summed E-state index contributed by atoms with van der Waals surface area (Å²) in [6.07, 6.45) is 13.7. The Labute approximate surface area is 311 Å². The number of nitrogens with one attached hydrogen (secondary N) is 1. The van der Waals surface area contributed by atoms with Crippen LogP contribution in [0.2, 0.25) is 0 Å². The maximum atomic E-state index is 12.4. The van der Waals surface area contributed by atoms with Crippen LogP contribution in [-0.2, 0) is 17.7 Å². The summed E-state index contributed by atoms with van der Waals surface area (Å²) in [7, 11) is 0. The van der Waals surface area contributed by atoms with Crippen LogP contribution in [0.25, 0.3) is 5.65 Å². The van der Waals surface area contributed by atoms with E-state index in [1.165, 1.54) is 24.8 Å². The van der Waals surface area contributed by atoms with Crippen molar-refractivity contribution in [1.29, 1.82) is 0 Å². The molecular weight excluding hydrogens is 654 g/mol. The number of carbonyl (C=O) groups is 1. The van der Waals surface area contributed by atoms with Crippen molar-refractivity contribution in [2.45, 2.75) is 111 Å². The van der Waals surface area contributed by atoms with Crippen LogP contribution < -0.4 is 15.0 Å². The fraction of sp³-hybridized carbons (Fsp3) is 0.700. The summed E-state index contributed by atoms with van der Waals surface area (Å²) in [4.78, 5) is 31.7. The van der Waals surface area contributed by atoms with Gasteiger partial charge in [0, 0.05) is 88.8 Å². The number of hydrogen-bond donors (Lipinski definition) is 1. The van der Waals surface area contributed by atoms with Gasteiger partial charge in [-0.15, -0.1) is 0 Å². The zero-order valence-electron chi connectivity index (χ0n) is 32.5. The molecule has 3 aliphatic rings. The molecule has 0 radical (unpaired) electrons. The van der Waals surface area contributed by atoms with Gasteiger partial charge in [0.25, 0.3) is 0 Å². The van der Waals surface area contributed by atoms with Gasteiger partial charge in [0.2, 0.25) is 5.88 Å². The number of amides is 1. The molecule has 6 rings (SSSR count). The van der Waals surface area contributed by atoms with E-state index < -0.39 is 5.60 Å². The van der Waals surface area contributed by atoms with Crippen molar-refractivity contribution in [2.24, 2.45) is 5.92 Å². The number of piperazine rings is 1. The normalized spacial score (nSPS) is 19.7. The largest absolute Gasteiger partial charge is 0.478 e. The van der Waals surface area contributed by atoms with E-state index in [9.17, 15) is 4.79 Å². The molecule has 0 aliphatic carbocycles. The van der Waals surface area contributed by atoms with Crippen LogP contribution in [0.15, 0.2) is 30.6 Å². The highest BCUT2D eigenvalue weighted by Gasteiger charge is 2.29. The Balaban J connectivity index is 0.878. The topological polar surface area (TPSA) is 104 Å². The molecule has 0 aromatic carbocycles. The van der Waals surface area contributed by atoms with E-state index in [0.29, 0.717) is 31.0 Å². The molecule has 52 heavy (non-hydrogen) atoms. The van der Waals surface area contributed by atoms with E-state index in [0.717, 1.165) is 120 Å². The van der Waals surface area contributed by atoms with Crippen LogP contribution in [0.5, 0.6) is 5.88 Å². The Hall–Kier alpha value is -3.64. The van der Waals surface area contributed by atoms with Crippen LogP contribution in [0.4, 0.5) is 16.4 Å². The number of piperidine rings is 2. The van der Waals surface area contributed by atoms with Crippen molar-refractivity contribution in [3.63, 3.8) is 0 Å². The predicted octanol–water partition coefficient (Wildman–Crippen LogP) is 6.49. The molecule has 3 aromatic rings. The van der Waals surface area contributed by atoms with Crippen molar-refractivity contribution >= 4 is 23.4 Å². The Morgan fingerprint density at radius 3 is 2.44 bits per heavy atom. The lowest BCUT2D eigenvalue weighted by atomic mass is 9.96. The molecule has 286 valence electrons. The molecule has 1 atom stereocenters. The number of anilines is 2. The molecular formula is C40H63N9O3. The minimum Gasteiger partial charge on any atom is -0.478 e. The van der Waals surface area contributed by atoms with Gasteiger partial charge in [0.15, 0.2) is 5.65 Å². The second-order valence-electron chi connectivity index (χ2n) is 16.0. The van der Waals surface area contributed by atoms with E-state index in [1.54, 1.807) is 0 Å². The molecule has 3 aliphatic heterocycles. The Kier molecular flexibility index (Phi) is 13.1. The highest BCUT2D eigenvalue weighted by atomic mass is 16.6. The number of likely N-dealkylation sites (tertiary alicyclic amines) is 1. The van der Waals surface area contributed by atoms with Gasteiger partial charge in [0.05, 0.1) is 12.8 Å². The molecule has 0 spiro atoms. The minimum absolute atomic E-state index is 0.168. The van der Waals surface area contributed by atoms with Crippen LogP contribution in [0.1, 0.15) is 97.1 Å². The van der Waals surface area contributed by atoms with Crippen molar-refractivity contribution in [3.05, 3.63) is 41.7 Å². The molecule has 3 saturated heterocycles. The first kappa shape index (κ1) is 38.1. The number of rotatable bonds is 14. The molecule has 1 amide bonds. The van der Waals surface area contributed by atoms with Gasteiger partial charge in [-0.3, -0.25) is 0 Å². The molecule has 12 nitrogen and oxygen atoms in total. The fourth-order valence-electron chi connectivity index (χ4n) is 7.84. The lowest BCUT2D eigenvalue weighted by Gasteiger charge is -2.39. The summed E-state index contributed by atoms with van der Waals surface area (Å²) in [6, 6.07) is 6.78. The summed E-state index contributed by atoms with van der Waals surface area (Å²) in [5.41, 5.74) is 2.77. The van der Waals surface area contributed by atoms with Crippen LogP contribution in [-0.4, -0.2) is 118 Å². The molecule has 0 saturated carbocycles. The zero-order valence-corrected chi connectivity index (χ0v) is 32.5. The third-order valence-corrected chi connectivity index (χ3v) is 10.9. The maximum Gasteiger partial charge on any atom is 0.410 e. The Bertz CT molecular complexity index is 1560. The van der Waals surface area contributed by atoms with Gasteiger partial charge in [-0.25, -0.2) is 14.8 Å². The highest BCUT2D eigenvalue weighted by molar-refractivity contribution is 5.68. The summed E-state index contributed by atoms with van der Waals surface area (Å²) >= 11 is 0. The van der Waals surface area contributed by atoms with E-state index in [4.69, 9.17) is 14.5 Å². The van der Waals surface area contributed by atoms with Gasteiger partial charge >= 0.3 is 6.09 Å². The molecule has 0 unspecified atom stereocenters. The lowest BCUT2D eigenvalue weighted by molar-refractivity contribution is 0.0159. The Morgan fingerprint density at radius 1 is 0.942 bits per heavy atom. The summed E-state index contributed by atoms with van der Waals surface area (Å²) in [5, 5.41) is 8.30. The molecule has 6 heterocycles. The number of fused-ring (bicyclic) bond motifs is 1. The van der Waals surface area contributed by atoms with Gasteiger partial charge < -0.3 is 34.4 Å². The predicted molar refractivity (Wildman–Crippen MR) is 207 cm³/mol. The number of unbranched alkanes of at least 4 members (excludes halogenated alkanes) is 1. The number of hydrogen-bond acceptors (Lipinski definition) is 10. The summed E-state index contributed by atoms with van der Waals surface area (Å²) in [6.45, 7) is 21.0. The monoisotopic (exact) mass is 718 g/mol. The Morgan fingerprint density at radius 2 is 1.73 bits per heavy atom. The average molecular weight is 718 g/mol. The number of nitrogens with zero attached hydrogens (tertiary/aromatic N) is 8. The van der Waals surface area contributed by atoms with Gasteiger partial charge in [-0.05, 0) is 96.6 Å². The number of carbonyl (C=O) groups excluding carboxylic acids is 1. The lowest BCUT2D eigenvalue weighted by Crippen LogP contribution is -2.49. The second-order valence-corrected chi connectivity index (χ2v) is 16.0. The zero-order chi connectivity index (χ0) is 36.5. The molecule has 12 heteroatoms. The van der Waals surface area contributed by atoms with E-state index in [2.05, 4.69) is 56.1 Å². The smallest absolute Gasteiger partial charge is 0.410 e. The van der Waals surface area contributed by atoms with Gasteiger partial charge in [0.1, 0.15) is 17.2 Å². The van der Waals surface area contributed by atoms with Crippen molar-refractivity contribution in [1.82, 2.24) is 34.3 Å². The quantitative estimate of drug-likeness (QED) is 0.186. The third-order valence-electron chi connectivity index (χ3n) is 10.9. The molecule has 0 bridgehead atoms. The first-order chi connectivity index (χ1) is 25.2. The number of aryl methyl sites for hydroxylation is 1. The number of ether oxygens (including phenoxy) is 2. The maximum absolute atomic E-state index is 12.4. The van der Waals surface area contributed by atoms with E-state index >= 15 is 0 Å². The highest BCUT2D eigenvalue weighted by Crippen LogP contribution is 2.29. The SMILES string of the molecule is CCc1cnn2c(NCc3ccc(OCCCCN4CCN(CC5CCN(C(=O)OC(C)(C)C)CC5)CC4)nc3)cc(N3CCCC[C@H]3CC)nc12. The average Bonchev–Trinajstić information content (AvgIpc) is 3.58. The number of aromatic nitrogens is 4. The van der Waals surface area contributed by atoms with Crippen LogP contribution in [0.3, 0.4) is 0 Å². The van der Waals surface area contributed by atoms with E-state index in [-0.39, 0.29) is 6.09 Å². The van der Waals surface area contributed by atoms with Gasteiger partial charge in [-0.1, -0.05) is 19.9 Å². The first-order valence-electron chi connectivity index (χ1n) is 20.1. The number of pyridine rings is 1. The molecule has 3 aromatic heterocycles. The molecule has 1 N–H and O–H groups in total. The summed E-state index contributed by atoms with van der Waals surface area (Å²) in [5.74, 6) is 3.35. The second kappa shape index (κ2) is 17.9.